The van der Waals surface area contributed by atoms with Gasteiger partial charge in [0.05, 0.1) is 11.6 Å². The molecule has 0 saturated carbocycles. The van der Waals surface area contributed by atoms with Crippen LogP contribution in [0.3, 0.4) is 0 Å². The second kappa shape index (κ2) is 6.22. The molecule has 1 heteroatoms. The summed E-state index contributed by atoms with van der Waals surface area (Å²) in [6.45, 7) is 0. The van der Waals surface area contributed by atoms with E-state index in [4.69, 9.17) is 5.26 Å². The largest absolute Gasteiger partial charge is 0.192 e. The van der Waals surface area contributed by atoms with Gasteiger partial charge in [-0.25, -0.2) is 0 Å². The fraction of sp³-hybridized carbons (Fsp3) is 0. The summed E-state index contributed by atoms with van der Waals surface area (Å²) in [5, 5.41) is 9.12. The zero-order chi connectivity index (χ0) is 12.6. The van der Waals surface area contributed by atoms with E-state index in [9.17, 15) is 0 Å². The van der Waals surface area contributed by atoms with Crippen LogP contribution >= 0.6 is 0 Å². The predicted octanol–water partition coefficient (Wildman–Crippen LogP) is 4.31. The van der Waals surface area contributed by atoms with Crippen LogP contribution in [0, 0.1) is 11.3 Å². The van der Waals surface area contributed by atoms with Crippen molar-refractivity contribution in [3.05, 3.63) is 83.9 Å². The lowest BCUT2D eigenvalue weighted by Gasteiger charge is -1.96. The molecule has 0 aliphatic heterocycles. The minimum absolute atomic E-state index is 0.669. The quantitative estimate of drug-likeness (QED) is 0.570. The van der Waals surface area contributed by atoms with Crippen molar-refractivity contribution in [2.24, 2.45) is 0 Å². The maximum absolute atomic E-state index is 9.12. The van der Waals surface area contributed by atoms with Gasteiger partial charge in [-0.3, -0.25) is 0 Å². The van der Waals surface area contributed by atoms with E-state index in [2.05, 4.69) is 6.07 Å². The molecule has 0 heterocycles. The third-order valence-corrected chi connectivity index (χ3v) is 2.56. The highest BCUT2D eigenvalue weighted by Crippen LogP contribution is 2.13. The number of rotatable bonds is 3. The zero-order valence-electron chi connectivity index (χ0n) is 9.95. The lowest BCUT2D eigenvalue weighted by atomic mass is 10.1. The molecule has 86 valence electrons. The van der Waals surface area contributed by atoms with E-state index in [-0.39, 0.29) is 0 Å². The van der Waals surface area contributed by atoms with Crippen LogP contribution < -0.4 is 0 Å². The van der Waals surface area contributed by atoms with E-state index in [1.165, 1.54) is 0 Å². The minimum atomic E-state index is 0.669. The van der Waals surface area contributed by atoms with Crippen LogP contribution in [0.2, 0.25) is 0 Å². The first kappa shape index (κ1) is 11.9. The summed E-state index contributed by atoms with van der Waals surface area (Å²) in [5.74, 6) is 0. The summed E-state index contributed by atoms with van der Waals surface area (Å²) in [5.41, 5.74) is 2.74. The molecule has 0 atom stereocenters. The van der Waals surface area contributed by atoms with Crippen LogP contribution in [0.1, 0.15) is 11.1 Å². The normalized spacial score (nSPS) is 11.4. The van der Waals surface area contributed by atoms with Crippen molar-refractivity contribution in [2.75, 3.05) is 0 Å². The van der Waals surface area contributed by atoms with Crippen molar-refractivity contribution >= 4 is 11.6 Å². The number of hydrogen-bond acceptors (Lipinski definition) is 1. The number of nitrogens with zero attached hydrogens (tertiary/aromatic N) is 1. The van der Waals surface area contributed by atoms with Gasteiger partial charge in [0.15, 0.2) is 0 Å². The van der Waals surface area contributed by atoms with Crippen LogP contribution in [-0.2, 0) is 0 Å². The first-order chi connectivity index (χ1) is 8.90. The van der Waals surface area contributed by atoms with Gasteiger partial charge in [0.25, 0.3) is 0 Å². The van der Waals surface area contributed by atoms with Crippen LogP contribution in [-0.4, -0.2) is 0 Å². The van der Waals surface area contributed by atoms with E-state index in [0.717, 1.165) is 11.1 Å². The summed E-state index contributed by atoms with van der Waals surface area (Å²) in [6.07, 6.45) is 5.73. The third-order valence-electron chi connectivity index (χ3n) is 2.56. The molecule has 0 fully saturated rings. The van der Waals surface area contributed by atoms with E-state index < -0.39 is 0 Å². The number of benzene rings is 2. The van der Waals surface area contributed by atoms with Crippen LogP contribution in [0.5, 0.6) is 0 Å². The van der Waals surface area contributed by atoms with E-state index >= 15 is 0 Å². The van der Waals surface area contributed by atoms with Crippen molar-refractivity contribution < 1.29 is 0 Å². The predicted molar refractivity (Wildman–Crippen MR) is 75.5 cm³/mol. The highest BCUT2D eigenvalue weighted by molar-refractivity contribution is 5.78. The molecule has 2 rings (SSSR count). The molecular weight excluding hydrogens is 218 g/mol. The number of hydrogen-bond donors (Lipinski definition) is 0. The summed E-state index contributed by atoms with van der Waals surface area (Å²) < 4.78 is 0. The molecule has 0 saturated heterocycles. The molecule has 0 unspecified atom stereocenters. The lowest BCUT2D eigenvalue weighted by molar-refractivity contribution is 1.52. The van der Waals surface area contributed by atoms with Gasteiger partial charge in [0, 0.05) is 0 Å². The van der Waals surface area contributed by atoms with Gasteiger partial charge in [-0.1, -0.05) is 72.8 Å². The van der Waals surface area contributed by atoms with Crippen molar-refractivity contribution in [1.29, 1.82) is 5.26 Å². The second-order valence-corrected chi connectivity index (χ2v) is 3.83. The van der Waals surface area contributed by atoms with Gasteiger partial charge in [0.2, 0.25) is 0 Å². The molecule has 1 nitrogen and oxygen atoms in total. The smallest absolute Gasteiger partial charge is 0.0997 e. The Labute approximate surface area is 107 Å². The van der Waals surface area contributed by atoms with Gasteiger partial charge < -0.3 is 0 Å². The average molecular weight is 231 g/mol. The Balaban J connectivity index is 2.18. The molecule has 0 N–H and O–H groups in total. The van der Waals surface area contributed by atoms with Crippen LogP contribution in [0.15, 0.2) is 72.8 Å². The number of allylic oxidation sites excluding steroid dienone is 3. The maximum atomic E-state index is 9.12. The Hall–Kier alpha value is -2.59. The molecule has 0 radical (unpaired) electrons. The fourth-order valence-corrected chi connectivity index (χ4v) is 1.64. The Morgan fingerprint density at radius 2 is 1.50 bits per heavy atom. The molecule has 0 aliphatic rings. The molecule has 0 bridgehead atoms. The van der Waals surface area contributed by atoms with E-state index in [1.807, 2.05) is 78.9 Å². The molecule has 2 aromatic rings. The minimum Gasteiger partial charge on any atom is -0.192 e. The number of nitriles is 1. The van der Waals surface area contributed by atoms with Gasteiger partial charge >= 0.3 is 0 Å². The van der Waals surface area contributed by atoms with Gasteiger partial charge in [-0.05, 0) is 17.2 Å². The summed E-state index contributed by atoms with van der Waals surface area (Å²) in [4.78, 5) is 0. The molecular formula is C17H13N. The Morgan fingerprint density at radius 1 is 0.889 bits per heavy atom. The van der Waals surface area contributed by atoms with Crippen molar-refractivity contribution in [1.82, 2.24) is 0 Å². The summed E-state index contributed by atoms with van der Waals surface area (Å²) >= 11 is 0. The van der Waals surface area contributed by atoms with E-state index in [0.29, 0.717) is 5.57 Å². The van der Waals surface area contributed by atoms with Crippen molar-refractivity contribution in [2.45, 2.75) is 0 Å². The zero-order valence-corrected chi connectivity index (χ0v) is 9.95. The second-order valence-electron chi connectivity index (χ2n) is 3.83. The molecule has 0 spiro atoms. The molecule has 2 aromatic carbocycles. The topological polar surface area (TPSA) is 23.8 Å². The van der Waals surface area contributed by atoms with Crippen molar-refractivity contribution in [3.8, 4) is 6.07 Å². The average Bonchev–Trinajstić information content (AvgIpc) is 2.46. The summed E-state index contributed by atoms with van der Waals surface area (Å²) in [6, 6.07) is 21.9. The Morgan fingerprint density at radius 3 is 2.11 bits per heavy atom. The van der Waals surface area contributed by atoms with Crippen molar-refractivity contribution in [3.63, 3.8) is 0 Å². The SMILES string of the molecule is N#CC(=CC=Cc1ccccc1)c1ccccc1. The monoisotopic (exact) mass is 231 g/mol. The first-order valence-corrected chi connectivity index (χ1v) is 5.79. The maximum Gasteiger partial charge on any atom is 0.0997 e. The van der Waals surface area contributed by atoms with Crippen LogP contribution in [0.4, 0.5) is 0 Å². The van der Waals surface area contributed by atoms with E-state index in [1.54, 1.807) is 0 Å². The first-order valence-electron chi connectivity index (χ1n) is 5.79. The highest BCUT2D eigenvalue weighted by Gasteiger charge is 1.96. The van der Waals surface area contributed by atoms with Gasteiger partial charge in [-0.15, -0.1) is 0 Å². The molecule has 0 amide bonds. The highest BCUT2D eigenvalue weighted by atomic mass is 14.2. The van der Waals surface area contributed by atoms with Gasteiger partial charge in [0.1, 0.15) is 0 Å². The standard InChI is InChI=1S/C17H13N/c18-14-17(16-11-5-2-6-12-16)13-7-10-15-8-3-1-4-9-15/h1-13H. The van der Waals surface area contributed by atoms with Gasteiger partial charge in [-0.2, -0.15) is 5.26 Å². The third kappa shape index (κ3) is 3.20. The fourth-order valence-electron chi connectivity index (χ4n) is 1.64. The Kier molecular flexibility index (Phi) is 4.11. The Bertz CT molecular complexity index is 587. The van der Waals surface area contributed by atoms with Crippen LogP contribution in [0.25, 0.3) is 11.6 Å². The lowest BCUT2D eigenvalue weighted by Crippen LogP contribution is -1.78. The molecule has 18 heavy (non-hydrogen) atoms. The summed E-state index contributed by atoms with van der Waals surface area (Å²) in [7, 11) is 0. The molecule has 0 aromatic heterocycles. The molecule has 0 aliphatic carbocycles.